The monoisotopic (exact) mass is 295 g/mol. The molecule has 4 nitrogen and oxygen atoms in total. The molecule has 0 saturated carbocycles. The zero-order valence-corrected chi connectivity index (χ0v) is 13.1. The lowest BCUT2D eigenvalue weighted by Crippen LogP contribution is -1.99. The predicted octanol–water partition coefficient (Wildman–Crippen LogP) is 4.03. The lowest BCUT2D eigenvalue weighted by Gasteiger charge is -2.05. The second-order valence-corrected chi connectivity index (χ2v) is 5.64. The Kier molecular flexibility index (Phi) is 4.09. The van der Waals surface area contributed by atoms with Crippen molar-refractivity contribution in [1.29, 1.82) is 0 Å². The number of benzene rings is 2. The summed E-state index contributed by atoms with van der Waals surface area (Å²) in [4.78, 5) is 1.52. The average molecular weight is 295 g/mol. The molecule has 22 heavy (non-hydrogen) atoms. The van der Waals surface area contributed by atoms with Gasteiger partial charge in [0.1, 0.15) is 22.5 Å². The first-order valence-corrected chi connectivity index (χ1v) is 7.89. The molecule has 0 radical (unpaired) electrons. The van der Waals surface area contributed by atoms with E-state index in [-0.39, 0.29) is 5.75 Å². The van der Waals surface area contributed by atoms with Crippen LogP contribution in [0.15, 0.2) is 36.4 Å². The zero-order chi connectivity index (χ0) is 15.5. The molecule has 0 amide bonds. The SMILES string of the molecule is CCCc1ccc(-n2nc3ccc(CCC)cc3n2)c(O)c1. The molecular formula is C18H21N3O. The molecule has 1 aromatic heterocycles. The van der Waals surface area contributed by atoms with Crippen LogP contribution in [0.1, 0.15) is 37.8 Å². The number of fused-ring (bicyclic) bond motifs is 1. The standard InChI is InChI=1S/C18H21N3O/c1-3-5-13-7-9-15-16(11-13)20-21(19-15)17-10-8-14(6-4-2)12-18(17)22/h7-12,22H,3-6H2,1-2H3. The Bertz CT molecular complexity index is 792. The fraction of sp³-hybridized carbons (Fsp3) is 0.333. The Morgan fingerprint density at radius 3 is 2.18 bits per heavy atom. The molecule has 0 bridgehead atoms. The van der Waals surface area contributed by atoms with E-state index in [0.717, 1.165) is 42.3 Å². The van der Waals surface area contributed by atoms with Gasteiger partial charge in [-0.05, 0) is 48.2 Å². The highest BCUT2D eigenvalue weighted by molar-refractivity contribution is 5.74. The number of phenolic OH excluding ortho intramolecular Hbond substituents is 1. The van der Waals surface area contributed by atoms with Crippen molar-refractivity contribution in [3.8, 4) is 11.4 Å². The minimum absolute atomic E-state index is 0.222. The maximum atomic E-state index is 10.2. The number of phenols is 1. The van der Waals surface area contributed by atoms with Crippen molar-refractivity contribution in [2.45, 2.75) is 39.5 Å². The Hall–Kier alpha value is -2.36. The number of hydrogen-bond acceptors (Lipinski definition) is 3. The molecule has 4 heteroatoms. The molecule has 0 aliphatic heterocycles. The Balaban J connectivity index is 1.99. The number of nitrogens with zero attached hydrogens (tertiary/aromatic N) is 3. The smallest absolute Gasteiger partial charge is 0.143 e. The third-order valence-corrected chi connectivity index (χ3v) is 3.78. The summed E-state index contributed by atoms with van der Waals surface area (Å²) < 4.78 is 0. The van der Waals surface area contributed by atoms with Gasteiger partial charge in [-0.25, -0.2) is 0 Å². The second kappa shape index (κ2) is 6.18. The molecule has 0 spiro atoms. The van der Waals surface area contributed by atoms with Gasteiger partial charge in [0.15, 0.2) is 0 Å². The van der Waals surface area contributed by atoms with Gasteiger partial charge in [-0.3, -0.25) is 0 Å². The van der Waals surface area contributed by atoms with Gasteiger partial charge < -0.3 is 5.11 Å². The van der Waals surface area contributed by atoms with Crippen molar-refractivity contribution in [1.82, 2.24) is 15.0 Å². The molecule has 0 fully saturated rings. The van der Waals surface area contributed by atoms with Crippen molar-refractivity contribution in [2.75, 3.05) is 0 Å². The molecule has 1 N–H and O–H groups in total. The maximum Gasteiger partial charge on any atom is 0.143 e. The molecule has 0 atom stereocenters. The maximum absolute atomic E-state index is 10.2. The van der Waals surface area contributed by atoms with E-state index in [4.69, 9.17) is 0 Å². The summed E-state index contributed by atoms with van der Waals surface area (Å²) in [5.41, 5.74) is 4.73. The van der Waals surface area contributed by atoms with Gasteiger partial charge in [0.2, 0.25) is 0 Å². The van der Waals surface area contributed by atoms with E-state index in [1.54, 1.807) is 6.07 Å². The number of aromatic hydroxyl groups is 1. The number of aryl methyl sites for hydroxylation is 2. The lowest BCUT2D eigenvalue weighted by atomic mass is 10.1. The zero-order valence-electron chi connectivity index (χ0n) is 13.1. The molecule has 0 aliphatic carbocycles. The molecule has 0 unspecified atom stereocenters. The van der Waals surface area contributed by atoms with Crippen molar-refractivity contribution in [3.63, 3.8) is 0 Å². The van der Waals surface area contributed by atoms with Crippen molar-refractivity contribution in [3.05, 3.63) is 47.5 Å². The first-order valence-electron chi connectivity index (χ1n) is 7.89. The number of rotatable bonds is 5. The first kappa shape index (κ1) is 14.6. The van der Waals surface area contributed by atoms with Crippen molar-refractivity contribution < 1.29 is 5.11 Å². The highest BCUT2D eigenvalue weighted by atomic mass is 16.3. The highest BCUT2D eigenvalue weighted by Crippen LogP contribution is 2.24. The first-order chi connectivity index (χ1) is 10.7. The normalized spacial score (nSPS) is 11.2. The van der Waals surface area contributed by atoms with Crippen LogP contribution in [0.25, 0.3) is 16.7 Å². The summed E-state index contributed by atoms with van der Waals surface area (Å²) in [5.74, 6) is 0.222. The molecular weight excluding hydrogens is 274 g/mol. The fourth-order valence-corrected chi connectivity index (χ4v) is 2.69. The lowest BCUT2D eigenvalue weighted by molar-refractivity contribution is 0.467. The van der Waals surface area contributed by atoms with Gasteiger partial charge in [-0.15, -0.1) is 15.0 Å². The minimum atomic E-state index is 0.222. The van der Waals surface area contributed by atoms with Crippen LogP contribution >= 0.6 is 0 Å². The van der Waals surface area contributed by atoms with Crippen LogP contribution in [0.3, 0.4) is 0 Å². The summed E-state index contributed by atoms with van der Waals surface area (Å²) in [6.07, 6.45) is 4.17. The van der Waals surface area contributed by atoms with Crippen LogP contribution in [0.4, 0.5) is 0 Å². The summed E-state index contributed by atoms with van der Waals surface area (Å²) in [5, 5.41) is 19.2. The topological polar surface area (TPSA) is 50.9 Å². The van der Waals surface area contributed by atoms with Crippen LogP contribution in [0.2, 0.25) is 0 Å². The number of aromatic nitrogens is 3. The van der Waals surface area contributed by atoms with Gasteiger partial charge in [0, 0.05) is 0 Å². The fourth-order valence-electron chi connectivity index (χ4n) is 2.69. The van der Waals surface area contributed by atoms with E-state index in [1.165, 1.54) is 10.4 Å². The largest absolute Gasteiger partial charge is 0.506 e. The Morgan fingerprint density at radius 1 is 0.864 bits per heavy atom. The quantitative estimate of drug-likeness (QED) is 0.773. The van der Waals surface area contributed by atoms with Gasteiger partial charge in [-0.1, -0.05) is 38.8 Å². The van der Waals surface area contributed by atoms with Gasteiger partial charge in [0.25, 0.3) is 0 Å². The van der Waals surface area contributed by atoms with E-state index in [9.17, 15) is 5.11 Å². The van der Waals surface area contributed by atoms with E-state index in [1.807, 2.05) is 18.2 Å². The van der Waals surface area contributed by atoms with Crippen LogP contribution in [0.5, 0.6) is 5.75 Å². The summed E-state index contributed by atoms with van der Waals surface area (Å²) in [7, 11) is 0. The third-order valence-electron chi connectivity index (χ3n) is 3.78. The van der Waals surface area contributed by atoms with E-state index in [0.29, 0.717) is 5.69 Å². The van der Waals surface area contributed by atoms with Gasteiger partial charge in [0.05, 0.1) is 0 Å². The molecule has 0 saturated heterocycles. The van der Waals surface area contributed by atoms with Crippen molar-refractivity contribution in [2.24, 2.45) is 0 Å². The molecule has 0 aliphatic rings. The van der Waals surface area contributed by atoms with E-state index in [2.05, 4.69) is 36.2 Å². The predicted molar refractivity (Wildman–Crippen MR) is 88.5 cm³/mol. The third kappa shape index (κ3) is 2.82. The molecule has 3 rings (SSSR count). The van der Waals surface area contributed by atoms with Crippen molar-refractivity contribution >= 4 is 11.0 Å². The molecule has 114 valence electrons. The average Bonchev–Trinajstić information content (AvgIpc) is 2.91. The van der Waals surface area contributed by atoms with Crippen LogP contribution < -0.4 is 0 Å². The van der Waals surface area contributed by atoms with Gasteiger partial charge >= 0.3 is 0 Å². The van der Waals surface area contributed by atoms with Crippen LogP contribution in [-0.2, 0) is 12.8 Å². The molecule has 2 aromatic carbocycles. The summed E-state index contributed by atoms with van der Waals surface area (Å²) >= 11 is 0. The summed E-state index contributed by atoms with van der Waals surface area (Å²) in [6.45, 7) is 4.29. The van der Waals surface area contributed by atoms with E-state index < -0.39 is 0 Å². The Labute approximate surface area is 130 Å². The molecule has 3 aromatic rings. The minimum Gasteiger partial charge on any atom is -0.506 e. The van der Waals surface area contributed by atoms with E-state index >= 15 is 0 Å². The van der Waals surface area contributed by atoms with Gasteiger partial charge in [-0.2, -0.15) is 0 Å². The second-order valence-electron chi connectivity index (χ2n) is 5.64. The van der Waals surface area contributed by atoms with Crippen LogP contribution in [0, 0.1) is 0 Å². The Morgan fingerprint density at radius 2 is 1.50 bits per heavy atom. The molecule has 1 heterocycles. The van der Waals surface area contributed by atoms with Crippen LogP contribution in [-0.4, -0.2) is 20.1 Å². The highest BCUT2D eigenvalue weighted by Gasteiger charge is 2.10. The summed E-state index contributed by atoms with van der Waals surface area (Å²) in [6, 6.07) is 11.9. The number of hydrogen-bond donors (Lipinski definition) is 1.